The highest BCUT2D eigenvalue weighted by Crippen LogP contribution is 2.20. The highest BCUT2D eigenvalue weighted by atomic mass is 35.5. The lowest BCUT2D eigenvalue weighted by Gasteiger charge is -2.13. The van der Waals surface area contributed by atoms with Gasteiger partial charge in [0, 0.05) is 15.6 Å². The van der Waals surface area contributed by atoms with Crippen molar-refractivity contribution >= 4 is 34.2 Å². The third-order valence-corrected chi connectivity index (χ3v) is 6.31. The van der Waals surface area contributed by atoms with E-state index in [1.165, 1.54) is 4.57 Å². The molecule has 0 radical (unpaired) electrons. The number of hydrogen-bond donors (Lipinski definition) is 2. The first-order valence-electron chi connectivity index (χ1n) is 10.9. The molecule has 2 N–H and O–H groups in total. The van der Waals surface area contributed by atoms with E-state index >= 15 is 0 Å². The second-order valence-electron chi connectivity index (χ2n) is 8.18. The molecule has 178 valence electrons. The molecule has 0 amide bonds. The molecule has 5 aromatic rings. The Kier molecular flexibility index (Phi) is 6.34. The molecule has 5 rings (SSSR count). The molecule has 0 fully saturated rings. The highest BCUT2D eigenvalue weighted by Gasteiger charge is 2.19. The third kappa shape index (κ3) is 4.68. The average molecular weight is 510 g/mol. The topological polar surface area (TPSA) is 102 Å². The zero-order valence-electron chi connectivity index (χ0n) is 18.4. The number of aliphatic hydroxyl groups is 1. The van der Waals surface area contributed by atoms with Crippen molar-refractivity contribution in [3.05, 3.63) is 105 Å². The fourth-order valence-corrected chi connectivity index (χ4v) is 4.38. The van der Waals surface area contributed by atoms with Crippen molar-refractivity contribution in [3.63, 3.8) is 0 Å². The normalized spacial score (nSPS) is 12.3. The second-order valence-corrected chi connectivity index (χ2v) is 9.05. The summed E-state index contributed by atoms with van der Waals surface area (Å²) in [5.74, 6) is -0.373. The fourth-order valence-electron chi connectivity index (χ4n) is 4.13. The van der Waals surface area contributed by atoms with Crippen LogP contribution in [0.5, 0.6) is 0 Å². The lowest BCUT2D eigenvalue weighted by molar-refractivity contribution is 0.131. The molecule has 1 unspecified atom stereocenters. The lowest BCUT2D eigenvalue weighted by Crippen LogP contribution is -2.33. The Morgan fingerprint density at radius 3 is 2.09 bits per heavy atom. The van der Waals surface area contributed by atoms with Crippen LogP contribution in [-0.4, -0.2) is 30.1 Å². The molecule has 1 atom stereocenters. The smallest absolute Gasteiger partial charge is 0.389 e. The van der Waals surface area contributed by atoms with Gasteiger partial charge in [0.2, 0.25) is 5.62 Å². The number of hydrogen-bond acceptors (Lipinski definition) is 5. The largest absolute Gasteiger partial charge is 0.441 e. The van der Waals surface area contributed by atoms with Gasteiger partial charge >= 0.3 is 5.76 Å². The van der Waals surface area contributed by atoms with Gasteiger partial charge in [-0.2, -0.15) is 0 Å². The Morgan fingerprint density at radius 1 is 0.857 bits per heavy atom. The van der Waals surface area contributed by atoms with E-state index in [1.807, 2.05) is 53.1 Å². The van der Waals surface area contributed by atoms with Crippen molar-refractivity contribution in [2.75, 3.05) is 0 Å². The fraction of sp³-hybridized carbons (Fsp3) is 0.160. The van der Waals surface area contributed by atoms with Crippen LogP contribution in [0.25, 0.3) is 22.4 Å². The molecule has 0 spiro atoms. The number of aliphatic hydroxyl groups excluding tert-OH is 1. The standard InChI is InChI=1S/C25H21Cl2N5O3/c26-18-9-5-16(6-10-18)13-30-21-3-1-2-4-22(21)31(24(30)28)14-20(33)15-32-23(29-35-25(32)34)17-7-11-19(27)12-8-17/h1-12,20,28,33H,13-15H2. The van der Waals surface area contributed by atoms with Crippen LogP contribution in [0.3, 0.4) is 0 Å². The number of rotatable bonds is 7. The first-order chi connectivity index (χ1) is 16.9. The van der Waals surface area contributed by atoms with Crippen molar-refractivity contribution in [2.45, 2.75) is 25.7 Å². The summed E-state index contributed by atoms with van der Waals surface area (Å²) >= 11 is 12.0. The number of imidazole rings is 1. The van der Waals surface area contributed by atoms with Gasteiger partial charge in [-0.25, -0.2) is 4.79 Å². The number of para-hydroxylation sites is 2. The van der Waals surface area contributed by atoms with E-state index in [-0.39, 0.29) is 18.7 Å². The van der Waals surface area contributed by atoms with Crippen LogP contribution in [0, 0.1) is 5.41 Å². The molecular weight excluding hydrogens is 489 g/mol. The van der Waals surface area contributed by atoms with E-state index < -0.39 is 11.9 Å². The van der Waals surface area contributed by atoms with Crippen LogP contribution >= 0.6 is 23.2 Å². The third-order valence-electron chi connectivity index (χ3n) is 5.80. The highest BCUT2D eigenvalue weighted by molar-refractivity contribution is 6.30. The Morgan fingerprint density at radius 2 is 1.43 bits per heavy atom. The Labute approximate surface area is 209 Å². The number of halogens is 2. The number of benzene rings is 3. The molecule has 2 heterocycles. The van der Waals surface area contributed by atoms with Crippen LogP contribution in [-0.2, 0) is 19.6 Å². The molecule has 35 heavy (non-hydrogen) atoms. The van der Waals surface area contributed by atoms with Crippen LogP contribution in [0.15, 0.2) is 82.1 Å². The number of aromatic nitrogens is 4. The van der Waals surface area contributed by atoms with E-state index in [0.717, 1.165) is 16.6 Å². The molecule has 0 aliphatic rings. The minimum atomic E-state index is -0.984. The number of fused-ring (bicyclic) bond motifs is 1. The van der Waals surface area contributed by atoms with Crippen molar-refractivity contribution in [1.29, 1.82) is 5.41 Å². The SMILES string of the molecule is N=c1n(Cc2ccc(Cl)cc2)c2ccccc2n1CC(O)Cn1c(-c2ccc(Cl)cc2)noc1=O. The van der Waals surface area contributed by atoms with Crippen molar-refractivity contribution in [2.24, 2.45) is 0 Å². The van der Waals surface area contributed by atoms with Crippen molar-refractivity contribution in [1.82, 2.24) is 18.9 Å². The minimum absolute atomic E-state index is 0.0522. The summed E-state index contributed by atoms with van der Waals surface area (Å²) < 4.78 is 9.75. The first kappa shape index (κ1) is 23.2. The van der Waals surface area contributed by atoms with Gasteiger partial charge in [-0.05, 0) is 54.1 Å². The molecule has 3 aromatic carbocycles. The molecule has 0 saturated carbocycles. The maximum Gasteiger partial charge on any atom is 0.441 e. The summed E-state index contributed by atoms with van der Waals surface area (Å²) in [6.45, 7) is 0.527. The zero-order valence-corrected chi connectivity index (χ0v) is 19.9. The van der Waals surface area contributed by atoms with Crippen LogP contribution in [0.2, 0.25) is 10.0 Å². The summed E-state index contributed by atoms with van der Waals surface area (Å²) in [4.78, 5) is 12.3. The van der Waals surface area contributed by atoms with E-state index in [9.17, 15) is 9.90 Å². The molecule has 10 heteroatoms. The van der Waals surface area contributed by atoms with Crippen molar-refractivity contribution in [3.8, 4) is 11.4 Å². The quantitative estimate of drug-likeness (QED) is 0.343. The van der Waals surface area contributed by atoms with Gasteiger partial charge in [0.25, 0.3) is 0 Å². The predicted molar refractivity (Wildman–Crippen MR) is 134 cm³/mol. The summed E-state index contributed by atoms with van der Waals surface area (Å²) in [6, 6.07) is 22.0. The molecule has 0 aliphatic heterocycles. The minimum Gasteiger partial charge on any atom is -0.389 e. The van der Waals surface area contributed by atoms with Gasteiger partial charge in [0.15, 0.2) is 5.82 Å². The van der Waals surface area contributed by atoms with Gasteiger partial charge in [-0.3, -0.25) is 14.5 Å². The van der Waals surface area contributed by atoms with E-state index in [2.05, 4.69) is 5.16 Å². The van der Waals surface area contributed by atoms with Crippen LogP contribution in [0.4, 0.5) is 0 Å². The molecule has 0 bridgehead atoms. The second kappa shape index (κ2) is 9.58. The molecule has 8 nitrogen and oxygen atoms in total. The molecule has 0 aliphatic carbocycles. The monoisotopic (exact) mass is 509 g/mol. The van der Waals surface area contributed by atoms with Crippen LogP contribution in [0.1, 0.15) is 5.56 Å². The van der Waals surface area contributed by atoms with Gasteiger partial charge in [0.1, 0.15) is 0 Å². The predicted octanol–water partition coefficient (Wildman–Crippen LogP) is 4.16. The van der Waals surface area contributed by atoms with Gasteiger partial charge < -0.3 is 14.2 Å². The van der Waals surface area contributed by atoms with E-state index in [1.54, 1.807) is 28.8 Å². The summed E-state index contributed by atoms with van der Waals surface area (Å²) in [6.07, 6.45) is -0.984. The van der Waals surface area contributed by atoms with Gasteiger partial charge in [-0.15, -0.1) is 0 Å². The summed E-state index contributed by atoms with van der Waals surface area (Å²) in [5.41, 5.74) is 3.54. The van der Waals surface area contributed by atoms with Gasteiger partial charge in [0.05, 0.1) is 36.8 Å². The number of nitrogens with zero attached hydrogens (tertiary/aromatic N) is 4. The maximum absolute atomic E-state index is 12.3. The lowest BCUT2D eigenvalue weighted by atomic mass is 10.2. The molecule has 2 aromatic heterocycles. The average Bonchev–Trinajstić information content (AvgIpc) is 3.34. The zero-order chi connectivity index (χ0) is 24.5. The van der Waals surface area contributed by atoms with E-state index in [4.69, 9.17) is 33.1 Å². The first-order valence-corrected chi connectivity index (χ1v) is 11.6. The molecule has 0 saturated heterocycles. The Balaban J connectivity index is 1.45. The van der Waals surface area contributed by atoms with Crippen molar-refractivity contribution < 1.29 is 9.63 Å². The van der Waals surface area contributed by atoms with Crippen LogP contribution < -0.4 is 11.4 Å². The van der Waals surface area contributed by atoms with Gasteiger partial charge in [-0.1, -0.05) is 52.6 Å². The van der Waals surface area contributed by atoms with E-state index in [0.29, 0.717) is 28.0 Å². The summed E-state index contributed by atoms with van der Waals surface area (Å²) in [7, 11) is 0. The Bertz CT molecular complexity index is 1600. The number of nitrogens with one attached hydrogen (secondary N) is 1. The maximum atomic E-state index is 12.3. The Hall–Kier alpha value is -3.59. The summed E-state index contributed by atoms with van der Waals surface area (Å²) in [5, 5.41) is 24.8. The molecular formula is C25H21Cl2N5O3.